The number of halogens is 1. The van der Waals surface area contributed by atoms with Crippen molar-refractivity contribution in [1.82, 2.24) is 0 Å². The Labute approximate surface area is 112 Å². The number of rotatable bonds is 5. The Hall–Kier alpha value is 0.166. The maximum atomic E-state index is 5.37. The minimum absolute atomic E-state index is 0. The van der Waals surface area contributed by atoms with Gasteiger partial charge < -0.3 is 21.7 Å². The summed E-state index contributed by atoms with van der Waals surface area (Å²) in [7, 11) is 0. The summed E-state index contributed by atoms with van der Waals surface area (Å²) >= 11 is 0. The van der Waals surface area contributed by atoms with Crippen LogP contribution in [0.3, 0.4) is 0 Å². The Morgan fingerprint density at radius 1 is 1.50 bits per heavy atom. The van der Waals surface area contributed by atoms with Crippen molar-refractivity contribution in [2.45, 2.75) is 13.0 Å². The minimum atomic E-state index is 0. The molecule has 0 aliphatic carbocycles. The van der Waals surface area contributed by atoms with Crippen LogP contribution >= 0.6 is 0 Å². The van der Waals surface area contributed by atoms with Crippen LogP contribution in [0.4, 0.5) is 0 Å². The smallest absolute Gasteiger partial charge is 1.00 e. The Morgan fingerprint density at radius 2 is 2.29 bits per heavy atom. The zero-order valence-electron chi connectivity index (χ0n) is 8.21. The Balaban J connectivity index is 0. The molecule has 3 heteroatoms. The Kier molecular flexibility index (Phi) is 13.3. The van der Waals surface area contributed by atoms with Gasteiger partial charge in [-0.05, 0) is 6.42 Å². The molecule has 0 aliphatic heterocycles. The van der Waals surface area contributed by atoms with E-state index in [0.29, 0.717) is 6.61 Å². The van der Waals surface area contributed by atoms with Crippen molar-refractivity contribution in [3.8, 4) is 0 Å². The first-order valence-corrected chi connectivity index (χ1v) is 4.07. The van der Waals surface area contributed by atoms with Gasteiger partial charge in [0.1, 0.15) is 0 Å². The van der Waals surface area contributed by atoms with Crippen molar-refractivity contribution in [3.05, 3.63) is 48.6 Å². The van der Waals surface area contributed by atoms with Gasteiger partial charge in [-0.1, -0.05) is 6.08 Å². The SMILES string of the molecule is C=CCCOCc1c[c-]ccc1.[Br-].[Mg+2]. The fourth-order valence-electron chi connectivity index (χ4n) is 0.877. The molecule has 0 aliphatic rings. The molecule has 0 aromatic heterocycles. The zero-order valence-corrected chi connectivity index (χ0v) is 11.2. The number of hydrogen-bond donors (Lipinski definition) is 0. The summed E-state index contributed by atoms with van der Waals surface area (Å²) in [4.78, 5) is 0. The van der Waals surface area contributed by atoms with Gasteiger partial charge in [0.2, 0.25) is 0 Å². The molecule has 72 valence electrons. The fourth-order valence-corrected chi connectivity index (χ4v) is 0.877. The second-order valence-electron chi connectivity index (χ2n) is 2.54. The molecule has 0 radical (unpaired) electrons. The molecule has 1 aromatic carbocycles. The average molecular weight is 265 g/mol. The van der Waals surface area contributed by atoms with E-state index in [1.807, 2.05) is 30.3 Å². The van der Waals surface area contributed by atoms with E-state index in [0.717, 1.165) is 13.0 Å². The topological polar surface area (TPSA) is 9.23 Å². The molecule has 1 aromatic rings. The van der Waals surface area contributed by atoms with E-state index in [2.05, 4.69) is 12.6 Å². The summed E-state index contributed by atoms with van der Waals surface area (Å²) in [5, 5.41) is 0. The largest absolute Gasteiger partial charge is 2.00 e. The number of benzene rings is 1. The first kappa shape index (κ1) is 16.6. The van der Waals surface area contributed by atoms with Crippen LogP contribution in [0.2, 0.25) is 0 Å². The molecule has 14 heavy (non-hydrogen) atoms. The van der Waals surface area contributed by atoms with Gasteiger partial charge in [0.15, 0.2) is 0 Å². The van der Waals surface area contributed by atoms with Gasteiger partial charge >= 0.3 is 23.1 Å². The molecule has 0 atom stereocenters. The Bertz CT molecular complexity index is 226. The van der Waals surface area contributed by atoms with Crippen molar-refractivity contribution in [2.24, 2.45) is 0 Å². The van der Waals surface area contributed by atoms with Gasteiger partial charge in [0.25, 0.3) is 0 Å². The van der Waals surface area contributed by atoms with E-state index in [1.54, 1.807) is 0 Å². The summed E-state index contributed by atoms with van der Waals surface area (Å²) in [5.74, 6) is 0. The summed E-state index contributed by atoms with van der Waals surface area (Å²) in [6, 6.07) is 10.8. The van der Waals surface area contributed by atoms with Gasteiger partial charge in [0, 0.05) is 13.2 Å². The van der Waals surface area contributed by atoms with Gasteiger partial charge in [-0.3, -0.25) is 0 Å². The molecule has 1 rings (SSSR count). The van der Waals surface area contributed by atoms with Crippen molar-refractivity contribution in [2.75, 3.05) is 6.61 Å². The first-order chi connectivity index (χ1) is 5.93. The summed E-state index contributed by atoms with van der Waals surface area (Å²) < 4.78 is 5.37. The van der Waals surface area contributed by atoms with Gasteiger partial charge in [-0.25, -0.2) is 0 Å². The number of ether oxygens (including phenoxy) is 1. The summed E-state index contributed by atoms with van der Waals surface area (Å²) in [6.45, 7) is 5.04. The maximum absolute atomic E-state index is 5.37. The predicted octanol–water partition coefficient (Wildman–Crippen LogP) is -0.797. The molecule has 0 fully saturated rings. The van der Waals surface area contributed by atoms with Crippen LogP contribution < -0.4 is 17.0 Å². The van der Waals surface area contributed by atoms with Gasteiger partial charge in [-0.2, -0.15) is 30.3 Å². The average Bonchev–Trinajstić information content (AvgIpc) is 2.14. The number of hydrogen-bond acceptors (Lipinski definition) is 1. The molecule has 0 saturated carbocycles. The molecule has 1 nitrogen and oxygen atoms in total. The van der Waals surface area contributed by atoms with Crippen LogP contribution in [0.25, 0.3) is 0 Å². The third-order valence-electron chi connectivity index (χ3n) is 1.51. The monoisotopic (exact) mass is 264 g/mol. The molecule has 0 saturated heterocycles. The van der Waals surface area contributed by atoms with Crippen LogP contribution in [-0.2, 0) is 11.3 Å². The normalized spacial score (nSPS) is 8.29. The minimum Gasteiger partial charge on any atom is -1.00 e. The fraction of sp³-hybridized carbons (Fsp3) is 0.273. The summed E-state index contributed by atoms with van der Waals surface area (Å²) in [6.07, 6.45) is 2.77. The molecular weight excluding hydrogens is 252 g/mol. The van der Waals surface area contributed by atoms with Gasteiger partial charge in [0.05, 0.1) is 0 Å². The van der Waals surface area contributed by atoms with E-state index in [1.165, 1.54) is 5.56 Å². The molecule has 0 spiro atoms. The van der Waals surface area contributed by atoms with Gasteiger partial charge in [-0.15, -0.1) is 12.1 Å². The zero-order chi connectivity index (χ0) is 8.65. The molecule has 0 N–H and O–H groups in total. The molecule has 0 heterocycles. The molecule has 0 unspecified atom stereocenters. The third kappa shape index (κ3) is 7.56. The Morgan fingerprint density at radius 3 is 2.86 bits per heavy atom. The van der Waals surface area contributed by atoms with Crippen LogP contribution in [0, 0.1) is 6.07 Å². The van der Waals surface area contributed by atoms with Crippen molar-refractivity contribution < 1.29 is 21.7 Å². The predicted molar refractivity (Wildman–Crippen MR) is 55.5 cm³/mol. The quantitative estimate of drug-likeness (QED) is 0.293. The van der Waals surface area contributed by atoms with Crippen LogP contribution in [-0.4, -0.2) is 29.7 Å². The van der Waals surface area contributed by atoms with Crippen LogP contribution in [0.1, 0.15) is 12.0 Å². The summed E-state index contributed by atoms with van der Waals surface area (Å²) in [5.41, 5.74) is 1.17. The van der Waals surface area contributed by atoms with Crippen LogP contribution in [0.5, 0.6) is 0 Å². The third-order valence-corrected chi connectivity index (χ3v) is 1.51. The molecular formula is C11H13BrMgO. The van der Waals surface area contributed by atoms with E-state index >= 15 is 0 Å². The van der Waals surface area contributed by atoms with E-state index < -0.39 is 0 Å². The van der Waals surface area contributed by atoms with E-state index in [-0.39, 0.29) is 40.0 Å². The van der Waals surface area contributed by atoms with Crippen molar-refractivity contribution >= 4 is 23.1 Å². The van der Waals surface area contributed by atoms with Crippen molar-refractivity contribution in [3.63, 3.8) is 0 Å². The van der Waals surface area contributed by atoms with E-state index in [4.69, 9.17) is 4.74 Å². The first-order valence-electron chi connectivity index (χ1n) is 4.07. The molecule has 0 bridgehead atoms. The van der Waals surface area contributed by atoms with Crippen LogP contribution in [0.15, 0.2) is 36.9 Å². The standard InChI is InChI=1S/C11H13O.BrH.Mg/c1-2-3-9-12-10-11-7-5-4-6-8-11;;/h2,4-5,7-8H,1,3,9-10H2;1H;/q-1;;+2/p-1. The molecule has 0 amide bonds. The maximum Gasteiger partial charge on any atom is 2.00 e. The second kappa shape index (κ2) is 11.2. The van der Waals surface area contributed by atoms with E-state index in [9.17, 15) is 0 Å². The second-order valence-corrected chi connectivity index (χ2v) is 2.54. The van der Waals surface area contributed by atoms with Crippen molar-refractivity contribution in [1.29, 1.82) is 0 Å².